The van der Waals surface area contributed by atoms with Crippen LogP contribution in [0.3, 0.4) is 0 Å². The molecule has 0 aliphatic carbocycles. The summed E-state index contributed by atoms with van der Waals surface area (Å²) in [5.74, 6) is 2.29. The van der Waals surface area contributed by atoms with E-state index in [-0.39, 0.29) is 0 Å². The summed E-state index contributed by atoms with van der Waals surface area (Å²) < 4.78 is 5.54. The Morgan fingerprint density at radius 2 is 1.86 bits per heavy atom. The number of benzene rings is 1. The number of nitrogens with zero attached hydrogens (tertiary/aromatic N) is 2. The Hall–Kier alpha value is -2.30. The number of guanidine groups is 1. The lowest BCUT2D eigenvalue weighted by Gasteiger charge is -2.10. The number of rotatable bonds is 5. The Morgan fingerprint density at radius 1 is 1.14 bits per heavy atom. The molecule has 0 aliphatic rings. The summed E-state index contributed by atoms with van der Waals surface area (Å²) in [5, 5.41) is 6.50. The molecule has 0 aliphatic heterocycles. The minimum absolute atomic E-state index is 0.527. The van der Waals surface area contributed by atoms with E-state index in [2.05, 4.69) is 51.8 Å². The monoisotopic (exact) mass is 300 g/mol. The van der Waals surface area contributed by atoms with Crippen LogP contribution in [-0.2, 0) is 13.0 Å². The molecule has 0 unspecified atom stereocenters. The minimum atomic E-state index is 0.527. The number of aliphatic imine (C=N–C) groups is 1. The van der Waals surface area contributed by atoms with Gasteiger partial charge in [-0.1, -0.05) is 29.8 Å². The quantitative estimate of drug-likeness (QED) is 0.658. The minimum Gasteiger partial charge on any atom is -0.444 e. The molecule has 0 saturated carbocycles. The molecule has 22 heavy (non-hydrogen) atoms. The van der Waals surface area contributed by atoms with E-state index in [1.54, 1.807) is 7.05 Å². The van der Waals surface area contributed by atoms with Gasteiger partial charge >= 0.3 is 0 Å². The van der Waals surface area contributed by atoms with Crippen molar-refractivity contribution in [3.8, 4) is 0 Å². The summed E-state index contributed by atoms with van der Waals surface area (Å²) in [4.78, 5) is 8.54. The van der Waals surface area contributed by atoms with Gasteiger partial charge in [0.1, 0.15) is 5.76 Å². The molecule has 0 atom stereocenters. The third kappa shape index (κ3) is 4.62. The van der Waals surface area contributed by atoms with Gasteiger partial charge in [-0.2, -0.15) is 0 Å². The van der Waals surface area contributed by atoms with Gasteiger partial charge in [-0.05, 0) is 32.8 Å². The molecule has 2 N–H and O–H groups in total. The first-order chi connectivity index (χ1) is 10.6. The Labute approximate surface area is 131 Å². The van der Waals surface area contributed by atoms with Gasteiger partial charge in [0, 0.05) is 13.6 Å². The van der Waals surface area contributed by atoms with Crippen LogP contribution in [0.15, 0.2) is 33.7 Å². The Balaban J connectivity index is 1.76. The van der Waals surface area contributed by atoms with Crippen molar-refractivity contribution in [3.05, 3.63) is 52.7 Å². The number of aryl methyl sites for hydroxylation is 3. The van der Waals surface area contributed by atoms with E-state index in [0.717, 1.165) is 30.4 Å². The number of aromatic nitrogens is 1. The Bertz CT molecular complexity index is 609. The highest BCUT2D eigenvalue weighted by molar-refractivity contribution is 5.79. The summed E-state index contributed by atoms with van der Waals surface area (Å²) in [5.41, 5.74) is 3.53. The number of hydrogen-bond donors (Lipinski definition) is 2. The molecule has 1 aromatic heterocycles. The van der Waals surface area contributed by atoms with Gasteiger partial charge in [-0.15, -0.1) is 0 Å². The van der Waals surface area contributed by atoms with Crippen LogP contribution < -0.4 is 10.6 Å². The van der Waals surface area contributed by atoms with Crippen LogP contribution in [0, 0.1) is 20.8 Å². The van der Waals surface area contributed by atoms with Crippen molar-refractivity contribution in [3.63, 3.8) is 0 Å². The first kappa shape index (κ1) is 16.1. The third-order valence-electron chi connectivity index (χ3n) is 3.53. The third-order valence-corrected chi connectivity index (χ3v) is 3.53. The van der Waals surface area contributed by atoms with Crippen molar-refractivity contribution in [2.24, 2.45) is 4.99 Å². The average molecular weight is 300 g/mol. The lowest BCUT2D eigenvalue weighted by atomic mass is 10.1. The molecule has 1 aromatic carbocycles. The summed E-state index contributed by atoms with van der Waals surface area (Å²) in [6, 6.07) is 8.59. The van der Waals surface area contributed by atoms with Crippen molar-refractivity contribution < 1.29 is 4.42 Å². The summed E-state index contributed by atoms with van der Waals surface area (Å²) in [6.45, 7) is 7.31. The predicted molar refractivity (Wildman–Crippen MR) is 89.1 cm³/mol. The van der Waals surface area contributed by atoms with Gasteiger partial charge in [-0.3, -0.25) is 4.99 Å². The van der Waals surface area contributed by atoms with Crippen molar-refractivity contribution in [2.75, 3.05) is 13.6 Å². The fraction of sp³-hybridized carbons (Fsp3) is 0.412. The van der Waals surface area contributed by atoms with E-state index in [9.17, 15) is 0 Å². The maximum absolute atomic E-state index is 5.54. The predicted octanol–water partition coefficient (Wildman–Crippen LogP) is 2.51. The normalized spacial score (nSPS) is 11.5. The Kier molecular flexibility index (Phi) is 5.58. The van der Waals surface area contributed by atoms with Gasteiger partial charge in [0.15, 0.2) is 5.96 Å². The second kappa shape index (κ2) is 7.64. The second-order valence-electron chi connectivity index (χ2n) is 5.34. The molecular formula is C17H24N4O. The smallest absolute Gasteiger partial charge is 0.214 e. The lowest BCUT2D eigenvalue weighted by Crippen LogP contribution is -2.37. The van der Waals surface area contributed by atoms with Crippen molar-refractivity contribution >= 4 is 5.96 Å². The zero-order valence-electron chi connectivity index (χ0n) is 13.7. The topological polar surface area (TPSA) is 62.5 Å². The Morgan fingerprint density at radius 3 is 2.45 bits per heavy atom. The molecule has 0 spiro atoms. The average Bonchev–Trinajstić information content (AvgIpc) is 2.83. The largest absolute Gasteiger partial charge is 0.444 e. The summed E-state index contributed by atoms with van der Waals surface area (Å²) in [7, 11) is 1.76. The van der Waals surface area contributed by atoms with Crippen molar-refractivity contribution in [1.82, 2.24) is 15.6 Å². The van der Waals surface area contributed by atoms with Gasteiger partial charge in [-0.25, -0.2) is 4.98 Å². The van der Waals surface area contributed by atoms with Crippen LogP contribution in [0.1, 0.15) is 28.5 Å². The van der Waals surface area contributed by atoms with Crippen LogP contribution >= 0.6 is 0 Å². The number of nitrogens with one attached hydrogen (secondary N) is 2. The molecule has 0 amide bonds. The molecule has 2 aromatic rings. The van der Waals surface area contributed by atoms with Gasteiger partial charge in [0.25, 0.3) is 0 Å². The van der Waals surface area contributed by atoms with Gasteiger partial charge in [0.05, 0.1) is 12.2 Å². The lowest BCUT2D eigenvalue weighted by molar-refractivity contribution is 0.464. The first-order valence-corrected chi connectivity index (χ1v) is 7.51. The van der Waals surface area contributed by atoms with Crippen LogP contribution in [-0.4, -0.2) is 24.5 Å². The van der Waals surface area contributed by atoms with E-state index in [1.807, 2.05) is 13.8 Å². The van der Waals surface area contributed by atoms with E-state index in [0.29, 0.717) is 12.4 Å². The van der Waals surface area contributed by atoms with E-state index in [1.165, 1.54) is 11.1 Å². The van der Waals surface area contributed by atoms with Crippen LogP contribution in [0.5, 0.6) is 0 Å². The van der Waals surface area contributed by atoms with E-state index in [4.69, 9.17) is 4.42 Å². The van der Waals surface area contributed by atoms with E-state index >= 15 is 0 Å². The molecule has 0 radical (unpaired) electrons. The molecule has 1 heterocycles. The highest BCUT2D eigenvalue weighted by Gasteiger charge is 2.06. The maximum atomic E-state index is 5.54. The summed E-state index contributed by atoms with van der Waals surface area (Å²) in [6.07, 6.45) is 0.957. The zero-order chi connectivity index (χ0) is 15.9. The molecule has 0 fully saturated rings. The highest BCUT2D eigenvalue weighted by Crippen LogP contribution is 2.07. The molecular weight excluding hydrogens is 276 g/mol. The molecule has 2 rings (SSSR count). The number of hydrogen-bond acceptors (Lipinski definition) is 3. The molecule has 5 nitrogen and oxygen atoms in total. The second-order valence-corrected chi connectivity index (χ2v) is 5.34. The van der Waals surface area contributed by atoms with E-state index < -0.39 is 0 Å². The first-order valence-electron chi connectivity index (χ1n) is 7.51. The van der Waals surface area contributed by atoms with Crippen LogP contribution in [0.25, 0.3) is 0 Å². The highest BCUT2D eigenvalue weighted by atomic mass is 16.4. The van der Waals surface area contributed by atoms with Crippen LogP contribution in [0.4, 0.5) is 0 Å². The van der Waals surface area contributed by atoms with Gasteiger partial charge < -0.3 is 15.1 Å². The zero-order valence-corrected chi connectivity index (χ0v) is 13.7. The van der Waals surface area contributed by atoms with Crippen molar-refractivity contribution in [2.45, 2.75) is 33.7 Å². The standard InChI is InChI=1S/C17H24N4O/c1-12-5-7-15(8-6-12)9-10-19-17(18-4)20-11-16-21-13(2)14(3)22-16/h5-8H,9-11H2,1-4H3,(H2,18,19,20). The molecule has 118 valence electrons. The SMILES string of the molecule is CN=C(NCCc1ccc(C)cc1)NCc1nc(C)c(C)o1. The van der Waals surface area contributed by atoms with Crippen molar-refractivity contribution in [1.29, 1.82) is 0 Å². The fourth-order valence-corrected chi connectivity index (χ4v) is 2.07. The molecule has 0 saturated heterocycles. The van der Waals surface area contributed by atoms with Gasteiger partial charge in [0.2, 0.25) is 5.89 Å². The summed E-state index contributed by atoms with van der Waals surface area (Å²) >= 11 is 0. The fourth-order valence-electron chi connectivity index (χ4n) is 2.07. The molecule has 5 heteroatoms. The maximum Gasteiger partial charge on any atom is 0.214 e. The van der Waals surface area contributed by atoms with Crippen LogP contribution in [0.2, 0.25) is 0 Å². The number of oxazole rings is 1. The molecule has 0 bridgehead atoms.